The van der Waals surface area contributed by atoms with Gasteiger partial charge in [-0.15, -0.1) is 11.3 Å². The van der Waals surface area contributed by atoms with E-state index in [1.807, 2.05) is 11.0 Å². The first kappa shape index (κ1) is 10.1. The van der Waals surface area contributed by atoms with E-state index in [1.54, 1.807) is 6.07 Å². The highest BCUT2D eigenvalue weighted by Gasteiger charge is 2.33. The molecular weight excluding hydrogens is 212 g/mol. The number of ether oxygens (including phenoxy) is 1. The molecule has 78 valence electrons. The number of nitrogens with zero attached hydrogens (tertiary/aromatic N) is 2. The zero-order valence-electron chi connectivity index (χ0n) is 8.27. The Morgan fingerprint density at radius 3 is 3.20 bits per heavy atom. The molecule has 0 aromatic carbocycles. The standard InChI is InChI=1S/C10H10N2O2S/c1-14-10(13)9-3-2-8(15-9)6-12-5-7(12)4-11/h2-3,7H,5-6H2,1H3. The minimum atomic E-state index is -0.297. The van der Waals surface area contributed by atoms with Gasteiger partial charge in [-0.05, 0) is 12.1 Å². The van der Waals surface area contributed by atoms with Gasteiger partial charge in [0, 0.05) is 18.0 Å². The molecule has 2 rings (SSSR count). The van der Waals surface area contributed by atoms with Crippen LogP contribution in [0.2, 0.25) is 0 Å². The molecule has 15 heavy (non-hydrogen) atoms. The van der Waals surface area contributed by atoms with E-state index in [2.05, 4.69) is 10.8 Å². The smallest absolute Gasteiger partial charge is 0.348 e. The summed E-state index contributed by atoms with van der Waals surface area (Å²) in [5.74, 6) is -0.297. The zero-order chi connectivity index (χ0) is 10.8. The van der Waals surface area contributed by atoms with E-state index in [-0.39, 0.29) is 12.0 Å². The van der Waals surface area contributed by atoms with E-state index in [9.17, 15) is 4.79 Å². The normalized spacial score (nSPS) is 23.2. The molecule has 1 saturated heterocycles. The van der Waals surface area contributed by atoms with E-state index in [4.69, 9.17) is 5.26 Å². The Labute approximate surface area is 91.7 Å². The van der Waals surface area contributed by atoms with Gasteiger partial charge < -0.3 is 4.74 Å². The van der Waals surface area contributed by atoms with Gasteiger partial charge in [0.25, 0.3) is 0 Å². The van der Waals surface area contributed by atoms with E-state index < -0.39 is 0 Å². The predicted molar refractivity (Wildman–Crippen MR) is 55.5 cm³/mol. The lowest BCUT2D eigenvalue weighted by Gasteiger charge is -1.96. The Hall–Kier alpha value is -1.38. The number of carbonyl (C=O) groups is 1. The Bertz CT molecular complexity index is 421. The third-order valence-electron chi connectivity index (χ3n) is 2.27. The summed E-state index contributed by atoms with van der Waals surface area (Å²) in [5, 5.41) is 8.62. The van der Waals surface area contributed by atoms with Gasteiger partial charge in [0.1, 0.15) is 10.9 Å². The molecule has 0 bridgehead atoms. The van der Waals surface area contributed by atoms with Gasteiger partial charge in [0.2, 0.25) is 0 Å². The highest BCUT2D eigenvalue weighted by Crippen LogP contribution is 2.25. The number of thiophene rings is 1. The summed E-state index contributed by atoms with van der Waals surface area (Å²) in [6, 6.07) is 5.92. The van der Waals surface area contributed by atoms with Crippen molar-refractivity contribution in [3.8, 4) is 6.07 Å². The lowest BCUT2D eigenvalue weighted by Crippen LogP contribution is -1.98. The van der Waals surface area contributed by atoms with Gasteiger partial charge >= 0.3 is 5.97 Å². The van der Waals surface area contributed by atoms with Gasteiger partial charge in [-0.25, -0.2) is 4.79 Å². The molecule has 2 heterocycles. The third kappa shape index (κ3) is 2.17. The monoisotopic (exact) mass is 222 g/mol. The molecule has 5 heteroatoms. The van der Waals surface area contributed by atoms with Crippen LogP contribution in [0.25, 0.3) is 0 Å². The van der Waals surface area contributed by atoms with Crippen LogP contribution in [0.4, 0.5) is 0 Å². The first-order chi connectivity index (χ1) is 7.24. The van der Waals surface area contributed by atoms with Gasteiger partial charge in [-0.3, -0.25) is 4.90 Å². The van der Waals surface area contributed by atoms with Crippen molar-refractivity contribution in [3.63, 3.8) is 0 Å². The molecule has 0 aliphatic carbocycles. The average Bonchev–Trinajstić information content (AvgIpc) is 2.83. The second-order valence-electron chi connectivity index (χ2n) is 3.33. The summed E-state index contributed by atoms with van der Waals surface area (Å²) >= 11 is 1.42. The van der Waals surface area contributed by atoms with E-state index in [1.165, 1.54) is 18.4 Å². The first-order valence-corrected chi connectivity index (χ1v) is 5.37. The average molecular weight is 222 g/mol. The summed E-state index contributed by atoms with van der Waals surface area (Å²) in [6.45, 7) is 1.59. The van der Waals surface area contributed by atoms with Crippen LogP contribution < -0.4 is 0 Å². The number of hydrogen-bond donors (Lipinski definition) is 0. The largest absolute Gasteiger partial charge is 0.465 e. The molecule has 1 aromatic rings. The Morgan fingerprint density at radius 1 is 1.80 bits per heavy atom. The lowest BCUT2D eigenvalue weighted by atomic mass is 10.4. The first-order valence-electron chi connectivity index (χ1n) is 4.55. The van der Waals surface area contributed by atoms with Gasteiger partial charge in [0.05, 0.1) is 13.2 Å². The number of methoxy groups -OCH3 is 1. The SMILES string of the molecule is COC(=O)c1ccc(CN2CC2C#N)s1. The molecule has 0 spiro atoms. The van der Waals surface area contributed by atoms with Crippen LogP contribution in [0.3, 0.4) is 0 Å². The maximum atomic E-state index is 11.2. The zero-order valence-corrected chi connectivity index (χ0v) is 9.08. The van der Waals surface area contributed by atoms with Gasteiger partial charge in [0.15, 0.2) is 0 Å². The number of rotatable bonds is 3. The number of hydrogen-bond acceptors (Lipinski definition) is 5. The third-order valence-corrected chi connectivity index (χ3v) is 3.32. The number of esters is 1. The highest BCUT2D eigenvalue weighted by atomic mass is 32.1. The van der Waals surface area contributed by atoms with Crippen LogP contribution in [-0.2, 0) is 11.3 Å². The number of nitriles is 1. The van der Waals surface area contributed by atoms with Crippen molar-refractivity contribution in [3.05, 3.63) is 21.9 Å². The van der Waals surface area contributed by atoms with Crippen molar-refractivity contribution in [1.29, 1.82) is 5.26 Å². The lowest BCUT2D eigenvalue weighted by molar-refractivity contribution is 0.0606. The van der Waals surface area contributed by atoms with Crippen molar-refractivity contribution < 1.29 is 9.53 Å². The minimum absolute atomic E-state index is 0.0636. The molecule has 1 aliphatic rings. The van der Waals surface area contributed by atoms with Crippen LogP contribution in [0.15, 0.2) is 12.1 Å². The molecule has 0 radical (unpaired) electrons. The fourth-order valence-corrected chi connectivity index (χ4v) is 2.30. The summed E-state index contributed by atoms with van der Waals surface area (Å²) in [5.41, 5.74) is 0. The predicted octanol–water partition coefficient (Wildman–Crippen LogP) is 1.24. The molecule has 2 atom stereocenters. The fraction of sp³-hybridized carbons (Fsp3) is 0.400. The molecule has 1 aliphatic heterocycles. The maximum Gasteiger partial charge on any atom is 0.348 e. The second-order valence-corrected chi connectivity index (χ2v) is 4.50. The second kappa shape index (κ2) is 4.01. The summed E-state index contributed by atoms with van der Waals surface area (Å²) < 4.78 is 4.62. The molecule has 0 N–H and O–H groups in total. The van der Waals surface area contributed by atoms with Crippen LogP contribution in [0.1, 0.15) is 14.5 Å². The van der Waals surface area contributed by atoms with E-state index in [0.717, 1.165) is 18.0 Å². The number of carbonyl (C=O) groups excluding carboxylic acids is 1. The molecule has 1 aromatic heterocycles. The Morgan fingerprint density at radius 2 is 2.60 bits per heavy atom. The van der Waals surface area contributed by atoms with Crippen LogP contribution in [-0.4, -0.2) is 30.6 Å². The van der Waals surface area contributed by atoms with Crippen molar-refractivity contribution >= 4 is 17.3 Å². The van der Waals surface area contributed by atoms with Crippen LogP contribution >= 0.6 is 11.3 Å². The van der Waals surface area contributed by atoms with Crippen molar-refractivity contribution in [2.75, 3.05) is 13.7 Å². The van der Waals surface area contributed by atoms with E-state index >= 15 is 0 Å². The highest BCUT2D eigenvalue weighted by molar-refractivity contribution is 7.13. The molecule has 0 saturated carbocycles. The maximum absolute atomic E-state index is 11.2. The van der Waals surface area contributed by atoms with Crippen LogP contribution in [0.5, 0.6) is 0 Å². The molecule has 2 unspecified atom stereocenters. The molecular formula is C10H10N2O2S. The quantitative estimate of drug-likeness (QED) is 0.570. The van der Waals surface area contributed by atoms with Gasteiger partial charge in [-0.2, -0.15) is 5.26 Å². The van der Waals surface area contributed by atoms with Gasteiger partial charge in [-0.1, -0.05) is 0 Å². The van der Waals surface area contributed by atoms with Crippen LogP contribution in [0, 0.1) is 11.3 Å². The topological polar surface area (TPSA) is 53.1 Å². The van der Waals surface area contributed by atoms with E-state index in [0.29, 0.717) is 4.88 Å². The Balaban J connectivity index is 1.97. The fourth-order valence-electron chi connectivity index (χ4n) is 1.35. The summed E-state index contributed by atoms with van der Waals surface area (Å²) in [6.07, 6.45) is 0. The minimum Gasteiger partial charge on any atom is -0.465 e. The molecule has 0 amide bonds. The summed E-state index contributed by atoms with van der Waals surface area (Å²) in [7, 11) is 1.37. The molecule has 1 fully saturated rings. The van der Waals surface area contributed by atoms with Crippen molar-refractivity contribution in [1.82, 2.24) is 4.90 Å². The van der Waals surface area contributed by atoms with Crippen molar-refractivity contribution in [2.45, 2.75) is 12.6 Å². The Kier molecular flexibility index (Phi) is 2.71. The van der Waals surface area contributed by atoms with Crippen molar-refractivity contribution in [2.24, 2.45) is 0 Å². The molecule has 4 nitrogen and oxygen atoms in total. The summed E-state index contributed by atoms with van der Waals surface area (Å²) in [4.78, 5) is 14.9.